The van der Waals surface area contributed by atoms with Crippen LogP contribution in [0.15, 0.2) is 0 Å². The van der Waals surface area contributed by atoms with Crippen molar-refractivity contribution < 1.29 is 8.42 Å². The quantitative estimate of drug-likeness (QED) is 0.731. The fraction of sp³-hybridized carbons (Fsp3) is 1.00. The molecule has 6 heteroatoms. The van der Waals surface area contributed by atoms with Crippen molar-refractivity contribution in [2.24, 2.45) is 11.8 Å². The summed E-state index contributed by atoms with van der Waals surface area (Å²) < 4.78 is 24.6. The van der Waals surface area contributed by atoms with Crippen molar-refractivity contribution in [2.75, 3.05) is 32.4 Å². The Hall–Kier alpha value is 0.160. The van der Waals surface area contributed by atoms with Gasteiger partial charge in [0.1, 0.15) is 0 Å². The molecule has 0 radical (unpaired) electrons. The standard InChI is InChI=1S/C13H27ClN2O2S/c1-11(2)7-13(14)9-15-8-12-5-4-6-16(10-12)19(3,17)18/h11-13,15H,4-10H2,1-3H3. The molecule has 0 bridgehead atoms. The number of nitrogens with one attached hydrogen (secondary N) is 1. The lowest BCUT2D eigenvalue weighted by Crippen LogP contribution is -2.43. The zero-order chi connectivity index (χ0) is 14.5. The van der Waals surface area contributed by atoms with Crippen LogP contribution in [0.3, 0.4) is 0 Å². The third kappa shape index (κ3) is 6.93. The van der Waals surface area contributed by atoms with Crippen LogP contribution in [0, 0.1) is 11.8 Å². The maximum Gasteiger partial charge on any atom is 0.211 e. The molecule has 4 nitrogen and oxygen atoms in total. The van der Waals surface area contributed by atoms with E-state index in [1.807, 2.05) is 0 Å². The van der Waals surface area contributed by atoms with Gasteiger partial charge in [-0.1, -0.05) is 13.8 Å². The number of hydrogen-bond acceptors (Lipinski definition) is 3. The largest absolute Gasteiger partial charge is 0.315 e. The van der Waals surface area contributed by atoms with Gasteiger partial charge in [-0.2, -0.15) is 0 Å². The molecule has 0 saturated carbocycles. The fourth-order valence-electron chi connectivity index (χ4n) is 2.53. The molecular formula is C13H27ClN2O2S. The molecule has 1 N–H and O–H groups in total. The van der Waals surface area contributed by atoms with Gasteiger partial charge in [0.15, 0.2) is 0 Å². The number of nitrogens with zero attached hydrogens (tertiary/aromatic N) is 1. The minimum Gasteiger partial charge on any atom is -0.315 e. The first kappa shape index (κ1) is 17.2. The molecule has 0 aliphatic carbocycles. The Kier molecular flexibility index (Phi) is 7.08. The average Bonchev–Trinajstić information content (AvgIpc) is 2.27. The van der Waals surface area contributed by atoms with Gasteiger partial charge in [-0.15, -0.1) is 11.6 Å². The van der Waals surface area contributed by atoms with E-state index in [1.165, 1.54) is 6.26 Å². The molecule has 1 heterocycles. The predicted molar refractivity (Wildman–Crippen MR) is 81.1 cm³/mol. The highest BCUT2D eigenvalue weighted by Crippen LogP contribution is 2.18. The van der Waals surface area contributed by atoms with E-state index in [9.17, 15) is 8.42 Å². The number of alkyl halides is 1. The molecule has 1 saturated heterocycles. The number of sulfonamides is 1. The molecule has 2 atom stereocenters. The van der Waals surface area contributed by atoms with Crippen molar-refractivity contribution in [3.8, 4) is 0 Å². The molecule has 0 aromatic rings. The monoisotopic (exact) mass is 310 g/mol. The van der Waals surface area contributed by atoms with Crippen molar-refractivity contribution in [3.63, 3.8) is 0 Å². The van der Waals surface area contributed by atoms with E-state index in [2.05, 4.69) is 19.2 Å². The fourth-order valence-corrected chi connectivity index (χ4v) is 3.94. The van der Waals surface area contributed by atoms with Crippen molar-refractivity contribution in [2.45, 2.75) is 38.5 Å². The molecule has 1 aliphatic heterocycles. The third-order valence-corrected chi connectivity index (χ3v) is 5.08. The van der Waals surface area contributed by atoms with Gasteiger partial charge in [0.2, 0.25) is 10.0 Å². The van der Waals surface area contributed by atoms with Crippen LogP contribution in [0.5, 0.6) is 0 Å². The number of piperidine rings is 1. The van der Waals surface area contributed by atoms with E-state index in [0.29, 0.717) is 24.9 Å². The van der Waals surface area contributed by atoms with E-state index in [-0.39, 0.29) is 5.38 Å². The van der Waals surface area contributed by atoms with Crippen LogP contribution in [-0.2, 0) is 10.0 Å². The summed E-state index contributed by atoms with van der Waals surface area (Å²) in [5.41, 5.74) is 0. The maximum absolute atomic E-state index is 11.5. The molecule has 0 aromatic carbocycles. The molecule has 0 spiro atoms. The van der Waals surface area contributed by atoms with Crippen LogP contribution in [0.25, 0.3) is 0 Å². The second kappa shape index (κ2) is 7.81. The summed E-state index contributed by atoms with van der Waals surface area (Å²) in [6, 6.07) is 0. The van der Waals surface area contributed by atoms with Crippen LogP contribution in [0.4, 0.5) is 0 Å². The van der Waals surface area contributed by atoms with E-state index in [4.69, 9.17) is 11.6 Å². The molecule has 1 fully saturated rings. The number of hydrogen-bond donors (Lipinski definition) is 1. The Balaban J connectivity index is 2.26. The summed E-state index contributed by atoms with van der Waals surface area (Å²) in [6.07, 6.45) is 4.35. The van der Waals surface area contributed by atoms with E-state index in [0.717, 1.165) is 32.4 Å². The van der Waals surface area contributed by atoms with Crippen molar-refractivity contribution in [1.29, 1.82) is 0 Å². The lowest BCUT2D eigenvalue weighted by Gasteiger charge is -2.31. The predicted octanol–water partition coefficient (Wildman–Crippen LogP) is 1.90. The topological polar surface area (TPSA) is 49.4 Å². The van der Waals surface area contributed by atoms with Gasteiger partial charge in [0, 0.05) is 25.0 Å². The minimum atomic E-state index is -3.04. The van der Waals surface area contributed by atoms with E-state index < -0.39 is 10.0 Å². The average molecular weight is 311 g/mol. The Bertz CT molecular complexity index is 360. The van der Waals surface area contributed by atoms with Crippen LogP contribution in [0.2, 0.25) is 0 Å². The first-order chi connectivity index (χ1) is 8.79. The zero-order valence-corrected chi connectivity index (χ0v) is 13.8. The van der Waals surface area contributed by atoms with Gasteiger partial charge in [0.25, 0.3) is 0 Å². The van der Waals surface area contributed by atoms with Crippen LogP contribution >= 0.6 is 11.6 Å². The smallest absolute Gasteiger partial charge is 0.211 e. The second-order valence-corrected chi connectivity index (χ2v) is 8.61. The summed E-state index contributed by atoms with van der Waals surface area (Å²) >= 11 is 6.23. The summed E-state index contributed by atoms with van der Waals surface area (Å²) in [6.45, 7) is 7.30. The zero-order valence-electron chi connectivity index (χ0n) is 12.2. The van der Waals surface area contributed by atoms with Crippen molar-refractivity contribution in [3.05, 3.63) is 0 Å². The van der Waals surface area contributed by atoms with Gasteiger partial charge in [-0.05, 0) is 37.6 Å². The van der Waals surface area contributed by atoms with Gasteiger partial charge in [-0.25, -0.2) is 12.7 Å². The summed E-state index contributed by atoms with van der Waals surface area (Å²) in [5, 5.41) is 3.54. The maximum atomic E-state index is 11.5. The van der Waals surface area contributed by atoms with Gasteiger partial charge < -0.3 is 5.32 Å². The Morgan fingerprint density at radius 1 is 1.42 bits per heavy atom. The first-order valence-electron chi connectivity index (χ1n) is 7.09. The molecule has 19 heavy (non-hydrogen) atoms. The summed E-state index contributed by atoms with van der Waals surface area (Å²) in [5.74, 6) is 1.02. The van der Waals surface area contributed by atoms with Crippen molar-refractivity contribution in [1.82, 2.24) is 9.62 Å². The second-order valence-electron chi connectivity index (χ2n) is 6.01. The SMILES string of the molecule is CC(C)CC(Cl)CNCC1CCCN(S(C)(=O)=O)C1. The van der Waals surface area contributed by atoms with Crippen LogP contribution in [0.1, 0.15) is 33.1 Å². The Morgan fingerprint density at radius 2 is 2.11 bits per heavy atom. The first-order valence-corrected chi connectivity index (χ1v) is 9.37. The molecule has 0 aromatic heterocycles. The highest BCUT2D eigenvalue weighted by Gasteiger charge is 2.25. The molecule has 114 valence electrons. The van der Waals surface area contributed by atoms with E-state index in [1.54, 1.807) is 4.31 Å². The summed E-state index contributed by atoms with van der Waals surface area (Å²) in [4.78, 5) is 0. The van der Waals surface area contributed by atoms with Gasteiger partial charge >= 0.3 is 0 Å². The van der Waals surface area contributed by atoms with E-state index >= 15 is 0 Å². The van der Waals surface area contributed by atoms with Crippen LogP contribution in [-0.4, -0.2) is 50.5 Å². The normalized spacial score (nSPS) is 23.7. The molecular weight excluding hydrogens is 284 g/mol. The lowest BCUT2D eigenvalue weighted by molar-refractivity contribution is 0.261. The number of halogens is 1. The third-order valence-electron chi connectivity index (χ3n) is 3.48. The summed E-state index contributed by atoms with van der Waals surface area (Å²) in [7, 11) is -3.04. The Morgan fingerprint density at radius 3 is 2.68 bits per heavy atom. The molecule has 0 amide bonds. The highest BCUT2D eigenvalue weighted by molar-refractivity contribution is 7.88. The van der Waals surface area contributed by atoms with Gasteiger partial charge in [0.05, 0.1) is 6.26 Å². The molecule has 1 rings (SSSR count). The molecule has 1 aliphatic rings. The van der Waals surface area contributed by atoms with Crippen LogP contribution < -0.4 is 5.32 Å². The minimum absolute atomic E-state index is 0.162. The van der Waals surface area contributed by atoms with Gasteiger partial charge in [-0.3, -0.25) is 0 Å². The number of rotatable bonds is 7. The van der Waals surface area contributed by atoms with Crippen molar-refractivity contribution >= 4 is 21.6 Å². The lowest BCUT2D eigenvalue weighted by atomic mass is 9.99. The highest BCUT2D eigenvalue weighted by atomic mass is 35.5. The molecule has 2 unspecified atom stereocenters. The Labute approximate surface area is 122 Å².